The maximum Gasteiger partial charge on any atom is 0.261 e. The van der Waals surface area contributed by atoms with E-state index in [2.05, 4.69) is 19.9 Å². The number of aromatic nitrogens is 3. The highest BCUT2D eigenvalue weighted by Crippen LogP contribution is 2.20. The zero-order chi connectivity index (χ0) is 19.7. The molecular formula is C21H27N5O2. The van der Waals surface area contributed by atoms with Crippen LogP contribution in [0.1, 0.15) is 52.4 Å². The van der Waals surface area contributed by atoms with Gasteiger partial charge in [0.1, 0.15) is 17.2 Å². The smallest absolute Gasteiger partial charge is 0.261 e. The van der Waals surface area contributed by atoms with Gasteiger partial charge in [0.25, 0.3) is 11.5 Å². The maximum atomic E-state index is 13.0. The number of anilines is 1. The van der Waals surface area contributed by atoms with Gasteiger partial charge in [0, 0.05) is 43.6 Å². The molecule has 1 saturated heterocycles. The second-order valence-corrected chi connectivity index (χ2v) is 7.77. The van der Waals surface area contributed by atoms with Crippen LogP contribution in [0.5, 0.6) is 0 Å². The Morgan fingerprint density at radius 2 is 1.75 bits per heavy atom. The summed E-state index contributed by atoms with van der Waals surface area (Å²) in [5.74, 6) is 1.49. The standard InChI is InChI=1S/C21H27N5O2/c1-14-12-19(23-15(2)22-14)25-8-10-26(11-9-25)21(28)17-13-16-6-4-3-5-7-18(16)24-20(17)27/h12-13H,3-11H2,1-2H3,(H,24,27). The Labute approximate surface area is 164 Å². The van der Waals surface area contributed by atoms with E-state index in [4.69, 9.17) is 0 Å². The summed E-state index contributed by atoms with van der Waals surface area (Å²) in [5.41, 5.74) is 3.11. The minimum absolute atomic E-state index is 0.164. The number of pyridine rings is 1. The van der Waals surface area contributed by atoms with Crippen LogP contribution in [0.3, 0.4) is 0 Å². The number of aryl methyl sites for hydroxylation is 4. The second-order valence-electron chi connectivity index (χ2n) is 7.77. The maximum absolute atomic E-state index is 13.0. The molecule has 3 heterocycles. The number of hydrogen-bond donors (Lipinski definition) is 1. The third-order valence-corrected chi connectivity index (χ3v) is 5.66. The number of carbonyl (C=O) groups is 1. The third kappa shape index (κ3) is 3.79. The van der Waals surface area contributed by atoms with Crippen molar-refractivity contribution in [3.05, 3.63) is 50.8 Å². The first kappa shape index (κ1) is 18.7. The number of carbonyl (C=O) groups excluding carboxylic acids is 1. The lowest BCUT2D eigenvalue weighted by atomic mass is 10.1. The Hall–Kier alpha value is -2.70. The molecule has 0 spiro atoms. The minimum atomic E-state index is -0.255. The van der Waals surface area contributed by atoms with E-state index in [0.717, 1.165) is 54.3 Å². The van der Waals surface area contributed by atoms with Gasteiger partial charge in [-0.15, -0.1) is 0 Å². The van der Waals surface area contributed by atoms with Crippen LogP contribution in [0.25, 0.3) is 0 Å². The van der Waals surface area contributed by atoms with Crippen molar-refractivity contribution in [3.63, 3.8) is 0 Å². The summed E-state index contributed by atoms with van der Waals surface area (Å²) in [4.78, 5) is 41.3. The molecule has 2 aromatic rings. The average Bonchev–Trinajstić information content (AvgIpc) is 2.91. The van der Waals surface area contributed by atoms with Crippen LogP contribution in [0.2, 0.25) is 0 Å². The van der Waals surface area contributed by atoms with Gasteiger partial charge < -0.3 is 14.8 Å². The Kier molecular flexibility index (Phi) is 5.15. The number of nitrogens with one attached hydrogen (secondary N) is 1. The molecule has 0 aromatic carbocycles. The summed E-state index contributed by atoms with van der Waals surface area (Å²) in [6, 6.07) is 3.81. The van der Waals surface area contributed by atoms with E-state index in [1.807, 2.05) is 26.0 Å². The first-order valence-electron chi connectivity index (χ1n) is 10.1. The summed E-state index contributed by atoms with van der Waals surface area (Å²) >= 11 is 0. The molecule has 0 saturated carbocycles. The molecule has 7 nitrogen and oxygen atoms in total. The highest BCUT2D eigenvalue weighted by Gasteiger charge is 2.26. The zero-order valence-corrected chi connectivity index (χ0v) is 16.6. The lowest BCUT2D eigenvalue weighted by Crippen LogP contribution is -2.50. The van der Waals surface area contributed by atoms with E-state index in [9.17, 15) is 9.59 Å². The summed E-state index contributed by atoms with van der Waals surface area (Å²) in [6.07, 6.45) is 5.22. The molecule has 1 aliphatic heterocycles. The molecule has 1 N–H and O–H groups in total. The molecule has 2 aliphatic rings. The molecule has 148 valence electrons. The molecule has 1 amide bonds. The predicted octanol–water partition coefficient (Wildman–Crippen LogP) is 2.01. The highest BCUT2D eigenvalue weighted by atomic mass is 16.2. The van der Waals surface area contributed by atoms with E-state index < -0.39 is 0 Å². The summed E-state index contributed by atoms with van der Waals surface area (Å²) in [5, 5.41) is 0. The molecule has 7 heteroatoms. The molecule has 1 fully saturated rings. The van der Waals surface area contributed by atoms with Gasteiger partial charge in [-0.05, 0) is 51.2 Å². The van der Waals surface area contributed by atoms with E-state index >= 15 is 0 Å². The summed E-state index contributed by atoms with van der Waals surface area (Å²) < 4.78 is 0. The Balaban J connectivity index is 1.48. The molecule has 1 aliphatic carbocycles. The van der Waals surface area contributed by atoms with Crippen LogP contribution in [0.4, 0.5) is 5.82 Å². The third-order valence-electron chi connectivity index (χ3n) is 5.66. The van der Waals surface area contributed by atoms with Crippen LogP contribution in [0, 0.1) is 13.8 Å². The monoisotopic (exact) mass is 381 g/mol. The van der Waals surface area contributed by atoms with Gasteiger partial charge in [-0.25, -0.2) is 9.97 Å². The van der Waals surface area contributed by atoms with Gasteiger partial charge in [0.15, 0.2) is 0 Å². The second kappa shape index (κ2) is 7.73. The molecule has 0 unspecified atom stereocenters. The largest absolute Gasteiger partial charge is 0.353 e. The van der Waals surface area contributed by atoms with Crippen molar-refractivity contribution < 1.29 is 4.79 Å². The van der Waals surface area contributed by atoms with Gasteiger partial charge in [-0.3, -0.25) is 9.59 Å². The number of amides is 1. The fourth-order valence-electron chi connectivity index (χ4n) is 4.18. The number of piperazine rings is 1. The quantitative estimate of drug-likeness (QED) is 0.805. The fraction of sp³-hybridized carbons (Fsp3) is 0.524. The molecule has 2 aromatic heterocycles. The zero-order valence-electron chi connectivity index (χ0n) is 16.6. The van der Waals surface area contributed by atoms with Crippen molar-refractivity contribution in [2.24, 2.45) is 0 Å². The van der Waals surface area contributed by atoms with Gasteiger partial charge in [-0.2, -0.15) is 0 Å². The molecule has 0 radical (unpaired) electrons. The highest BCUT2D eigenvalue weighted by molar-refractivity contribution is 5.94. The van der Waals surface area contributed by atoms with E-state index in [1.54, 1.807) is 4.90 Å². The summed E-state index contributed by atoms with van der Waals surface area (Å²) in [7, 11) is 0. The topological polar surface area (TPSA) is 82.2 Å². The first-order chi connectivity index (χ1) is 13.5. The Morgan fingerprint density at radius 1 is 1.00 bits per heavy atom. The number of H-pyrrole nitrogens is 1. The molecule has 0 atom stereocenters. The predicted molar refractivity (Wildman–Crippen MR) is 108 cm³/mol. The number of hydrogen-bond acceptors (Lipinski definition) is 5. The van der Waals surface area contributed by atoms with Crippen LogP contribution in [-0.4, -0.2) is 51.9 Å². The first-order valence-corrected chi connectivity index (χ1v) is 10.1. The van der Waals surface area contributed by atoms with Crippen molar-refractivity contribution in [2.45, 2.75) is 46.0 Å². The van der Waals surface area contributed by atoms with Crippen molar-refractivity contribution in [1.82, 2.24) is 19.9 Å². The molecule has 0 bridgehead atoms. The number of aromatic amines is 1. The lowest BCUT2D eigenvalue weighted by Gasteiger charge is -2.35. The fourth-order valence-corrected chi connectivity index (χ4v) is 4.18. The summed E-state index contributed by atoms with van der Waals surface area (Å²) in [6.45, 7) is 6.41. The average molecular weight is 381 g/mol. The SMILES string of the molecule is Cc1cc(N2CCN(C(=O)c3cc4c([nH]c3=O)CCCCC4)CC2)nc(C)n1. The van der Waals surface area contributed by atoms with Crippen LogP contribution >= 0.6 is 0 Å². The van der Waals surface area contributed by atoms with E-state index in [0.29, 0.717) is 26.2 Å². The van der Waals surface area contributed by atoms with Crippen molar-refractivity contribution in [3.8, 4) is 0 Å². The van der Waals surface area contributed by atoms with Gasteiger partial charge in [0.05, 0.1) is 0 Å². The van der Waals surface area contributed by atoms with E-state index in [-0.39, 0.29) is 17.0 Å². The van der Waals surface area contributed by atoms with Crippen LogP contribution < -0.4 is 10.5 Å². The van der Waals surface area contributed by atoms with Crippen molar-refractivity contribution >= 4 is 11.7 Å². The van der Waals surface area contributed by atoms with E-state index in [1.165, 1.54) is 6.42 Å². The number of fused-ring (bicyclic) bond motifs is 1. The molecule has 4 rings (SSSR count). The number of nitrogens with zero attached hydrogens (tertiary/aromatic N) is 4. The number of rotatable bonds is 2. The Bertz CT molecular complexity index is 924. The minimum Gasteiger partial charge on any atom is -0.353 e. The van der Waals surface area contributed by atoms with Crippen LogP contribution in [-0.2, 0) is 12.8 Å². The van der Waals surface area contributed by atoms with Gasteiger partial charge >= 0.3 is 0 Å². The molecule has 28 heavy (non-hydrogen) atoms. The molecular weight excluding hydrogens is 354 g/mol. The van der Waals surface area contributed by atoms with Gasteiger partial charge in [0.2, 0.25) is 0 Å². The van der Waals surface area contributed by atoms with Gasteiger partial charge in [-0.1, -0.05) is 6.42 Å². The van der Waals surface area contributed by atoms with Crippen molar-refractivity contribution in [2.75, 3.05) is 31.1 Å². The van der Waals surface area contributed by atoms with Crippen LogP contribution in [0.15, 0.2) is 16.9 Å². The Morgan fingerprint density at radius 3 is 2.50 bits per heavy atom. The van der Waals surface area contributed by atoms with Crippen molar-refractivity contribution in [1.29, 1.82) is 0 Å². The normalized spacial score (nSPS) is 17.2. The lowest BCUT2D eigenvalue weighted by molar-refractivity contribution is 0.0744.